The van der Waals surface area contributed by atoms with Crippen LogP contribution in [0.15, 0.2) is 45.6 Å². The van der Waals surface area contributed by atoms with Gasteiger partial charge in [-0.15, -0.1) is 0 Å². The number of hydrogen-bond acceptors (Lipinski definition) is 3. The van der Waals surface area contributed by atoms with Gasteiger partial charge >= 0.3 is 0 Å². The van der Waals surface area contributed by atoms with Crippen LogP contribution in [-0.2, 0) is 0 Å². The van der Waals surface area contributed by atoms with Crippen molar-refractivity contribution in [3.05, 3.63) is 41.6 Å². The first-order valence-corrected chi connectivity index (χ1v) is 5.15. The van der Waals surface area contributed by atoms with Crippen LogP contribution in [0.5, 0.6) is 0 Å². The number of aromatic amines is 2. The van der Waals surface area contributed by atoms with Crippen molar-refractivity contribution >= 4 is 12.2 Å². The van der Waals surface area contributed by atoms with Gasteiger partial charge in [-0.2, -0.15) is 0 Å². The summed E-state index contributed by atoms with van der Waals surface area (Å²) in [4.78, 5) is 6.08. The average molecular weight is 232 g/mol. The second-order valence-corrected chi connectivity index (χ2v) is 3.69. The van der Waals surface area contributed by atoms with Crippen LogP contribution in [0, 0.1) is 4.77 Å². The van der Waals surface area contributed by atoms with E-state index in [2.05, 4.69) is 9.97 Å². The molecule has 5 heteroatoms. The highest BCUT2D eigenvalue weighted by molar-refractivity contribution is 7.71. The maximum absolute atomic E-state index is 5.33. The molecule has 0 radical (unpaired) electrons. The summed E-state index contributed by atoms with van der Waals surface area (Å²) in [5.41, 5.74) is 1.59. The van der Waals surface area contributed by atoms with Gasteiger partial charge in [0, 0.05) is 0 Å². The molecule has 0 saturated carbocycles. The third kappa shape index (κ3) is 1.42. The third-order valence-electron chi connectivity index (χ3n) is 2.26. The van der Waals surface area contributed by atoms with Crippen molar-refractivity contribution in [1.29, 1.82) is 0 Å². The molecule has 2 N–H and O–H groups in total. The maximum Gasteiger partial charge on any atom is 0.175 e. The predicted octanol–water partition coefficient (Wildman–Crippen LogP) is 3.59. The van der Waals surface area contributed by atoms with Gasteiger partial charge in [0.2, 0.25) is 0 Å². The normalized spacial score (nSPS) is 10.8. The van der Waals surface area contributed by atoms with E-state index >= 15 is 0 Å². The molecule has 3 heterocycles. The van der Waals surface area contributed by atoms with Crippen LogP contribution in [0.2, 0.25) is 0 Å². The van der Waals surface area contributed by atoms with Gasteiger partial charge in [-0.05, 0) is 36.5 Å². The number of H-pyrrole nitrogens is 2. The summed E-state index contributed by atoms with van der Waals surface area (Å²) in [5, 5.41) is 0. The minimum atomic E-state index is 0.540. The molecular weight excluding hydrogens is 224 g/mol. The van der Waals surface area contributed by atoms with Gasteiger partial charge in [0.1, 0.15) is 11.4 Å². The first-order valence-electron chi connectivity index (χ1n) is 4.74. The summed E-state index contributed by atoms with van der Waals surface area (Å²) in [7, 11) is 0. The smallest absolute Gasteiger partial charge is 0.175 e. The largest absolute Gasteiger partial charge is 0.463 e. The minimum absolute atomic E-state index is 0.540. The lowest BCUT2D eigenvalue weighted by atomic mass is 10.2. The lowest BCUT2D eigenvalue weighted by Gasteiger charge is -1.96. The monoisotopic (exact) mass is 232 g/mol. The molecule has 4 nitrogen and oxygen atoms in total. The lowest BCUT2D eigenvalue weighted by Crippen LogP contribution is -1.78. The fourth-order valence-corrected chi connectivity index (χ4v) is 1.80. The Morgan fingerprint density at radius 1 is 0.875 bits per heavy atom. The average Bonchev–Trinajstić information content (AvgIpc) is 2.98. The Morgan fingerprint density at radius 2 is 1.38 bits per heavy atom. The lowest BCUT2D eigenvalue weighted by molar-refractivity contribution is 0.573. The van der Waals surface area contributed by atoms with E-state index in [0.29, 0.717) is 4.77 Å². The highest BCUT2D eigenvalue weighted by Gasteiger charge is 2.14. The molecule has 0 aliphatic carbocycles. The van der Waals surface area contributed by atoms with Gasteiger partial charge in [-0.25, -0.2) is 0 Å². The van der Waals surface area contributed by atoms with Crippen LogP contribution in [0.1, 0.15) is 0 Å². The van der Waals surface area contributed by atoms with Crippen molar-refractivity contribution in [2.45, 2.75) is 0 Å². The highest BCUT2D eigenvalue weighted by atomic mass is 32.1. The molecule has 0 aliphatic heterocycles. The van der Waals surface area contributed by atoms with E-state index in [4.69, 9.17) is 21.1 Å². The number of rotatable bonds is 2. The molecule has 0 saturated heterocycles. The molecule has 0 atom stereocenters. The van der Waals surface area contributed by atoms with Crippen molar-refractivity contribution in [3.8, 4) is 22.9 Å². The first-order chi connectivity index (χ1) is 7.84. The summed E-state index contributed by atoms with van der Waals surface area (Å²) in [6.07, 6.45) is 3.23. The summed E-state index contributed by atoms with van der Waals surface area (Å²) in [5.74, 6) is 1.44. The van der Waals surface area contributed by atoms with Gasteiger partial charge in [0.05, 0.1) is 12.5 Å². The summed E-state index contributed by atoms with van der Waals surface area (Å²) >= 11 is 5.07. The fraction of sp³-hybridized carbons (Fsp3) is 0. The van der Waals surface area contributed by atoms with E-state index in [-0.39, 0.29) is 0 Å². The third-order valence-corrected chi connectivity index (χ3v) is 2.47. The Kier molecular flexibility index (Phi) is 2.04. The van der Waals surface area contributed by atoms with Crippen molar-refractivity contribution in [3.63, 3.8) is 0 Å². The molecular formula is C11H8N2O2S. The highest BCUT2D eigenvalue weighted by Crippen LogP contribution is 2.29. The molecule has 16 heavy (non-hydrogen) atoms. The van der Waals surface area contributed by atoms with E-state index in [9.17, 15) is 0 Å². The van der Waals surface area contributed by atoms with E-state index in [1.54, 1.807) is 12.5 Å². The van der Waals surface area contributed by atoms with E-state index in [1.165, 1.54) is 0 Å². The molecule has 3 aromatic heterocycles. The molecule has 0 fully saturated rings. The Bertz CT molecular complexity index is 577. The standard InChI is InChI=1S/C11H8N2O2S/c16-11-12-9(7-3-1-5-14-7)10(13-11)8-4-2-6-15-8/h1-6H,(H2,12,13,16). The van der Waals surface area contributed by atoms with Crippen LogP contribution in [0.3, 0.4) is 0 Å². The van der Waals surface area contributed by atoms with E-state index in [0.717, 1.165) is 22.9 Å². The molecule has 0 spiro atoms. The van der Waals surface area contributed by atoms with Gasteiger partial charge < -0.3 is 18.8 Å². The molecule has 0 unspecified atom stereocenters. The summed E-state index contributed by atoms with van der Waals surface area (Å²) in [6.45, 7) is 0. The molecule has 80 valence electrons. The van der Waals surface area contributed by atoms with Crippen molar-refractivity contribution in [2.24, 2.45) is 0 Å². The molecule has 0 amide bonds. The van der Waals surface area contributed by atoms with Crippen LogP contribution in [0.4, 0.5) is 0 Å². The summed E-state index contributed by atoms with van der Waals surface area (Å²) in [6, 6.07) is 7.37. The number of hydrogen-bond donors (Lipinski definition) is 2. The molecule has 3 aromatic rings. The Labute approximate surface area is 95.9 Å². The Morgan fingerprint density at radius 3 is 1.75 bits per heavy atom. The topological polar surface area (TPSA) is 57.9 Å². The molecule has 0 aromatic carbocycles. The first kappa shape index (κ1) is 9.23. The second-order valence-electron chi connectivity index (χ2n) is 3.28. The van der Waals surface area contributed by atoms with Gasteiger partial charge in [-0.1, -0.05) is 0 Å². The number of nitrogens with one attached hydrogen (secondary N) is 2. The zero-order chi connectivity index (χ0) is 11.0. The van der Waals surface area contributed by atoms with Crippen LogP contribution < -0.4 is 0 Å². The van der Waals surface area contributed by atoms with Crippen molar-refractivity contribution in [1.82, 2.24) is 9.97 Å². The maximum atomic E-state index is 5.33. The quantitative estimate of drug-likeness (QED) is 0.664. The van der Waals surface area contributed by atoms with Gasteiger partial charge in [0.25, 0.3) is 0 Å². The van der Waals surface area contributed by atoms with Crippen LogP contribution in [0.25, 0.3) is 22.9 Å². The Hall–Kier alpha value is -2.01. The minimum Gasteiger partial charge on any atom is -0.463 e. The van der Waals surface area contributed by atoms with Crippen molar-refractivity contribution in [2.75, 3.05) is 0 Å². The number of aromatic nitrogens is 2. The second kappa shape index (κ2) is 3.53. The number of furan rings is 2. The fourth-order valence-electron chi connectivity index (χ4n) is 1.59. The van der Waals surface area contributed by atoms with Gasteiger partial charge in [0.15, 0.2) is 16.3 Å². The zero-order valence-corrected chi connectivity index (χ0v) is 9.01. The van der Waals surface area contributed by atoms with Crippen molar-refractivity contribution < 1.29 is 8.83 Å². The summed E-state index contributed by atoms with van der Waals surface area (Å²) < 4.78 is 11.2. The molecule has 3 rings (SSSR count). The Balaban J connectivity index is 2.23. The van der Waals surface area contributed by atoms with Crippen LogP contribution in [-0.4, -0.2) is 9.97 Å². The predicted molar refractivity (Wildman–Crippen MR) is 61.4 cm³/mol. The van der Waals surface area contributed by atoms with E-state index < -0.39 is 0 Å². The van der Waals surface area contributed by atoms with Gasteiger partial charge in [-0.3, -0.25) is 0 Å². The number of imidazole rings is 1. The van der Waals surface area contributed by atoms with E-state index in [1.807, 2.05) is 24.3 Å². The molecule has 0 bridgehead atoms. The zero-order valence-electron chi connectivity index (χ0n) is 8.19. The SMILES string of the molecule is S=c1[nH]c(-c2ccco2)c(-c2ccco2)[nH]1. The van der Waals surface area contributed by atoms with Crippen LogP contribution >= 0.6 is 12.2 Å². The molecule has 0 aliphatic rings.